The van der Waals surface area contributed by atoms with Crippen molar-refractivity contribution in [1.82, 2.24) is 5.32 Å². The molecule has 2 unspecified atom stereocenters. The van der Waals surface area contributed by atoms with Crippen LogP contribution in [-0.2, 0) is 16.0 Å². The number of rotatable bonds is 8. The molecule has 1 rings (SSSR count). The van der Waals surface area contributed by atoms with E-state index in [0.717, 1.165) is 5.56 Å². The van der Waals surface area contributed by atoms with Crippen molar-refractivity contribution in [2.45, 2.75) is 25.8 Å². The molecule has 19 heavy (non-hydrogen) atoms. The summed E-state index contributed by atoms with van der Waals surface area (Å²) >= 11 is 0. The molecule has 0 bridgehead atoms. The monoisotopic (exact) mass is 265 g/mol. The van der Waals surface area contributed by atoms with E-state index in [4.69, 9.17) is 4.74 Å². The second-order valence-corrected chi connectivity index (χ2v) is 4.90. The minimum atomic E-state index is -0.232. The van der Waals surface area contributed by atoms with Gasteiger partial charge in [0.1, 0.15) is 0 Å². The molecule has 0 fully saturated rings. The average Bonchev–Trinajstić information content (AvgIpc) is 2.39. The smallest absolute Gasteiger partial charge is 0.220 e. The third-order valence-electron chi connectivity index (χ3n) is 2.90. The Bertz CT molecular complexity index is 367. The first kappa shape index (κ1) is 15.7. The molecule has 0 aliphatic heterocycles. The summed E-state index contributed by atoms with van der Waals surface area (Å²) in [4.78, 5) is 11.8. The topological polar surface area (TPSA) is 58.6 Å². The van der Waals surface area contributed by atoms with Crippen LogP contribution in [0.2, 0.25) is 0 Å². The molecule has 0 saturated heterocycles. The lowest BCUT2D eigenvalue weighted by molar-refractivity contribution is -0.123. The molecule has 4 nitrogen and oxygen atoms in total. The van der Waals surface area contributed by atoms with Crippen molar-refractivity contribution in [1.29, 1.82) is 0 Å². The number of carbonyl (C=O) groups excluding carboxylic acids is 1. The highest BCUT2D eigenvalue weighted by Crippen LogP contribution is 2.05. The number of aliphatic hydroxyl groups excluding tert-OH is 1. The number of benzene rings is 1. The van der Waals surface area contributed by atoms with Crippen molar-refractivity contribution in [3.05, 3.63) is 35.9 Å². The van der Waals surface area contributed by atoms with Gasteiger partial charge in [0.15, 0.2) is 0 Å². The molecule has 1 amide bonds. The van der Waals surface area contributed by atoms with Crippen molar-refractivity contribution in [2.75, 3.05) is 20.3 Å². The number of carbonyl (C=O) groups is 1. The summed E-state index contributed by atoms with van der Waals surface area (Å²) in [6, 6.07) is 9.59. The van der Waals surface area contributed by atoms with Crippen LogP contribution in [0.25, 0.3) is 0 Å². The summed E-state index contributed by atoms with van der Waals surface area (Å²) in [5.74, 6) is 0.139. The van der Waals surface area contributed by atoms with Crippen LogP contribution in [0.15, 0.2) is 30.3 Å². The van der Waals surface area contributed by atoms with E-state index in [2.05, 4.69) is 5.32 Å². The molecule has 0 aliphatic rings. The summed E-state index contributed by atoms with van der Waals surface area (Å²) in [7, 11) is 1.63. The summed E-state index contributed by atoms with van der Waals surface area (Å²) < 4.78 is 5.00. The zero-order chi connectivity index (χ0) is 14.1. The van der Waals surface area contributed by atoms with Crippen molar-refractivity contribution >= 4 is 5.91 Å². The van der Waals surface area contributed by atoms with Gasteiger partial charge in [-0.15, -0.1) is 0 Å². The molecule has 4 heteroatoms. The standard InChI is InChI=1S/C15H23NO3/c1-12(11-19-2)8-15(18)16-14(10-17)9-13-6-4-3-5-7-13/h3-7,12,14,17H,8-11H2,1-2H3,(H,16,18). The highest BCUT2D eigenvalue weighted by molar-refractivity contribution is 5.76. The molecule has 0 radical (unpaired) electrons. The normalized spacial score (nSPS) is 13.8. The predicted octanol–water partition coefficient (Wildman–Crippen LogP) is 1.38. The van der Waals surface area contributed by atoms with Gasteiger partial charge in [-0.1, -0.05) is 37.3 Å². The predicted molar refractivity (Wildman–Crippen MR) is 74.8 cm³/mol. The minimum Gasteiger partial charge on any atom is -0.394 e. The molecule has 1 aromatic carbocycles. The summed E-state index contributed by atoms with van der Waals surface area (Å²) in [5, 5.41) is 12.2. The second-order valence-electron chi connectivity index (χ2n) is 4.90. The number of amides is 1. The molecule has 0 spiro atoms. The summed E-state index contributed by atoms with van der Waals surface area (Å²) in [5.41, 5.74) is 1.10. The van der Waals surface area contributed by atoms with Crippen molar-refractivity contribution in [2.24, 2.45) is 5.92 Å². The van der Waals surface area contributed by atoms with Gasteiger partial charge in [0.25, 0.3) is 0 Å². The quantitative estimate of drug-likeness (QED) is 0.746. The van der Waals surface area contributed by atoms with E-state index in [0.29, 0.717) is 19.4 Å². The van der Waals surface area contributed by atoms with Gasteiger partial charge in [-0.05, 0) is 17.9 Å². The number of nitrogens with one attached hydrogen (secondary N) is 1. The summed E-state index contributed by atoms with van der Waals surface area (Å²) in [6.07, 6.45) is 1.06. The lowest BCUT2D eigenvalue weighted by Crippen LogP contribution is -2.39. The number of aliphatic hydroxyl groups is 1. The van der Waals surface area contributed by atoms with E-state index in [1.165, 1.54) is 0 Å². The van der Waals surface area contributed by atoms with E-state index < -0.39 is 0 Å². The van der Waals surface area contributed by atoms with Crippen LogP contribution < -0.4 is 5.32 Å². The Labute approximate surface area is 114 Å². The van der Waals surface area contributed by atoms with Gasteiger partial charge in [0.2, 0.25) is 5.91 Å². The third kappa shape index (κ3) is 6.36. The Morgan fingerprint density at radius 2 is 2.05 bits per heavy atom. The fourth-order valence-electron chi connectivity index (χ4n) is 2.01. The van der Waals surface area contributed by atoms with E-state index in [1.807, 2.05) is 37.3 Å². The van der Waals surface area contributed by atoms with Crippen LogP contribution >= 0.6 is 0 Å². The molecule has 0 saturated carbocycles. The number of methoxy groups -OCH3 is 1. The van der Waals surface area contributed by atoms with E-state index in [9.17, 15) is 9.90 Å². The van der Waals surface area contributed by atoms with Crippen LogP contribution in [0, 0.1) is 5.92 Å². The number of hydrogen-bond donors (Lipinski definition) is 2. The van der Waals surface area contributed by atoms with Gasteiger partial charge in [-0.3, -0.25) is 4.79 Å². The third-order valence-corrected chi connectivity index (χ3v) is 2.90. The number of ether oxygens (including phenoxy) is 1. The lowest BCUT2D eigenvalue weighted by atomic mass is 10.1. The zero-order valence-corrected chi connectivity index (χ0v) is 11.6. The second kappa shape index (κ2) is 8.67. The lowest BCUT2D eigenvalue weighted by Gasteiger charge is -2.18. The van der Waals surface area contributed by atoms with Crippen LogP contribution in [0.3, 0.4) is 0 Å². The van der Waals surface area contributed by atoms with E-state index in [1.54, 1.807) is 7.11 Å². The highest BCUT2D eigenvalue weighted by atomic mass is 16.5. The van der Waals surface area contributed by atoms with Gasteiger partial charge in [-0.2, -0.15) is 0 Å². The van der Waals surface area contributed by atoms with Crippen LogP contribution in [0.1, 0.15) is 18.9 Å². The van der Waals surface area contributed by atoms with Gasteiger partial charge in [-0.25, -0.2) is 0 Å². The Morgan fingerprint density at radius 3 is 2.63 bits per heavy atom. The molecule has 0 aromatic heterocycles. The number of hydrogen-bond acceptors (Lipinski definition) is 3. The maximum atomic E-state index is 11.8. The summed E-state index contributed by atoms with van der Waals surface area (Å²) in [6.45, 7) is 2.48. The first-order chi connectivity index (χ1) is 9.15. The fraction of sp³-hybridized carbons (Fsp3) is 0.533. The van der Waals surface area contributed by atoms with Crippen LogP contribution in [0.4, 0.5) is 0 Å². The maximum absolute atomic E-state index is 11.8. The largest absolute Gasteiger partial charge is 0.394 e. The highest BCUT2D eigenvalue weighted by Gasteiger charge is 2.14. The molecule has 2 atom stereocenters. The fourth-order valence-corrected chi connectivity index (χ4v) is 2.01. The molecule has 2 N–H and O–H groups in total. The maximum Gasteiger partial charge on any atom is 0.220 e. The molecular formula is C15H23NO3. The van der Waals surface area contributed by atoms with Crippen molar-refractivity contribution in [3.8, 4) is 0 Å². The Hall–Kier alpha value is -1.39. The molecule has 0 aliphatic carbocycles. The van der Waals surface area contributed by atoms with Gasteiger partial charge >= 0.3 is 0 Å². The minimum absolute atomic E-state index is 0.0421. The zero-order valence-electron chi connectivity index (χ0n) is 11.6. The Balaban J connectivity index is 2.41. The SMILES string of the molecule is COCC(C)CC(=O)NC(CO)Cc1ccccc1. The first-order valence-corrected chi connectivity index (χ1v) is 6.58. The molecule has 1 aromatic rings. The molecule has 106 valence electrons. The van der Waals surface area contributed by atoms with Crippen LogP contribution in [-0.4, -0.2) is 37.4 Å². The Morgan fingerprint density at radius 1 is 1.37 bits per heavy atom. The first-order valence-electron chi connectivity index (χ1n) is 6.58. The molecular weight excluding hydrogens is 242 g/mol. The van der Waals surface area contributed by atoms with Gasteiger partial charge in [0.05, 0.1) is 12.6 Å². The van der Waals surface area contributed by atoms with Crippen molar-refractivity contribution < 1.29 is 14.6 Å². The van der Waals surface area contributed by atoms with Gasteiger partial charge in [0, 0.05) is 20.1 Å². The average molecular weight is 265 g/mol. The Kier molecular flexibility index (Phi) is 7.15. The van der Waals surface area contributed by atoms with Crippen LogP contribution in [0.5, 0.6) is 0 Å². The van der Waals surface area contributed by atoms with E-state index >= 15 is 0 Å². The van der Waals surface area contributed by atoms with Gasteiger partial charge < -0.3 is 15.2 Å². The van der Waals surface area contributed by atoms with Crippen molar-refractivity contribution in [3.63, 3.8) is 0 Å². The van der Waals surface area contributed by atoms with E-state index in [-0.39, 0.29) is 24.5 Å². The molecule has 0 heterocycles.